The van der Waals surface area contributed by atoms with Crippen LogP contribution in [0.15, 0.2) is 38.8 Å². The molecule has 0 aliphatic heterocycles. The second-order valence-electron chi connectivity index (χ2n) is 4.61. The second kappa shape index (κ2) is 5.41. The second-order valence-corrected chi connectivity index (χ2v) is 6.09. The highest BCUT2D eigenvalue weighted by Gasteiger charge is 2.27. The lowest BCUT2D eigenvalue weighted by atomic mass is 10.3. The summed E-state index contributed by atoms with van der Waals surface area (Å²) >= 11 is 0. The number of benzene rings is 1. The van der Waals surface area contributed by atoms with Gasteiger partial charge in [-0.1, -0.05) is 0 Å². The number of aromatic nitrogens is 2. The van der Waals surface area contributed by atoms with Crippen molar-refractivity contribution in [1.29, 1.82) is 0 Å². The number of rotatable bonds is 3. The van der Waals surface area contributed by atoms with Gasteiger partial charge in [-0.2, -0.15) is 8.42 Å². The third-order valence-electron chi connectivity index (χ3n) is 3.17. The molecule has 1 aromatic carbocycles. The Morgan fingerprint density at radius 3 is 2.14 bits per heavy atom. The van der Waals surface area contributed by atoms with Gasteiger partial charge in [0.1, 0.15) is 11.6 Å². The van der Waals surface area contributed by atoms with E-state index in [1.807, 2.05) is 0 Å². The van der Waals surface area contributed by atoms with Crippen LogP contribution in [0.4, 0.5) is 4.39 Å². The maximum Gasteiger partial charge on any atom is 0.346 e. The molecule has 0 N–H and O–H groups in total. The van der Waals surface area contributed by atoms with Gasteiger partial charge in [0.25, 0.3) is 5.56 Å². The predicted octanol–water partition coefficient (Wildman–Crippen LogP) is 0.299. The Hall–Kier alpha value is -2.42. The van der Waals surface area contributed by atoms with E-state index in [4.69, 9.17) is 4.18 Å². The minimum absolute atomic E-state index is 0.0461. The first-order valence-electron chi connectivity index (χ1n) is 6.12. The predicted molar refractivity (Wildman–Crippen MR) is 75.9 cm³/mol. The molecule has 7 nitrogen and oxygen atoms in total. The molecule has 2 rings (SSSR count). The molecule has 1 heterocycles. The van der Waals surface area contributed by atoms with E-state index in [9.17, 15) is 22.4 Å². The molecule has 0 bridgehead atoms. The Morgan fingerprint density at radius 2 is 1.59 bits per heavy atom. The van der Waals surface area contributed by atoms with Crippen LogP contribution in [0.2, 0.25) is 0 Å². The van der Waals surface area contributed by atoms with Gasteiger partial charge >= 0.3 is 15.8 Å². The van der Waals surface area contributed by atoms with Gasteiger partial charge in [-0.05, 0) is 31.2 Å². The lowest BCUT2D eigenvalue weighted by molar-refractivity contribution is 0.477. The highest BCUT2D eigenvalue weighted by molar-refractivity contribution is 7.87. The van der Waals surface area contributed by atoms with Crippen molar-refractivity contribution < 1.29 is 17.0 Å². The molecule has 0 saturated heterocycles. The Labute approximate surface area is 125 Å². The summed E-state index contributed by atoms with van der Waals surface area (Å²) in [6.45, 7) is 1.32. The van der Waals surface area contributed by atoms with Crippen LogP contribution < -0.4 is 15.4 Å². The Kier molecular flexibility index (Phi) is 3.92. The van der Waals surface area contributed by atoms with Gasteiger partial charge in [0.05, 0.1) is 0 Å². The van der Waals surface area contributed by atoms with E-state index in [1.165, 1.54) is 21.0 Å². The fourth-order valence-corrected chi connectivity index (χ4v) is 3.16. The highest BCUT2D eigenvalue weighted by Crippen LogP contribution is 2.18. The maximum absolute atomic E-state index is 12.8. The van der Waals surface area contributed by atoms with Crippen LogP contribution in [0.1, 0.15) is 5.69 Å². The quantitative estimate of drug-likeness (QED) is 0.756. The third kappa shape index (κ3) is 2.67. The fraction of sp³-hybridized carbons (Fsp3) is 0.231. The first kappa shape index (κ1) is 16.0. The summed E-state index contributed by atoms with van der Waals surface area (Å²) in [5, 5.41) is 0. The third-order valence-corrected chi connectivity index (χ3v) is 4.56. The van der Waals surface area contributed by atoms with Crippen LogP contribution in [0.3, 0.4) is 0 Å². The number of halogens is 1. The van der Waals surface area contributed by atoms with E-state index < -0.39 is 32.1 Å². The molecular formula is C13H13FN2O5S. The van der Waals surface area contributed by atoms with Gasteiger partial charge in [-0.3, -0.25) is 13.9 Å². The Morgan fingerprint density at radius 1 is 1.05 bits per heavy atom. The summed E-state index contributed by atoms with van der Waals surface area (Å²) in [7, 11) is -1.96. The molecular weight excluding hydrogens is 315 g/mol. The molecule has 2 aromatic rings. The van der Waals surface area contributed by atoms with Crippen molar-refractivity contribution in [2.45, 2.75) is 11.8 Å². The topological polar surface area (TPSA) is 87.4 Å². The molecule has 1 aromatic heterocycles. The van der Waals surface area contributed by atoms with Crippen LogP contribution in [-0.4, -0.2) is 17.6 Å². The zero-order chi connectivity index (χ0) is 16.7. The van der Waals surface area contributed by atoms with Gasteiger partial charge in [0.15, 0.2) is 4.90 Å². The zero-order valence-corrected chi connectivity index (χ0v) is 12.8. The number of hydrogen-bond donors (Lipinski definition) is 0. The lowest BCUT2D eigenvalue weighted by Crippen LogP contribution is -2.41. The monoisotopic (exact) mass is 328 g/mol. The van der Waals surface area contributed by atoms with Crippen molar-refractivity contribution in [1.82, 2.24) is 9.13 Å². The van der Waals surface area contributed by atoms with Crippen LogP contribution in [0.5, 0.6) is 5.75 Å². The average Bonchev–Trinajstić information content (AvgIpc) is 2.45. The van der Waals surface area contributed by atoms with Crippen molar-refractivity contribution in [2.75, 3.05) is 0 Å². The van der Waals surface area contributed by atoms with E-state index in [0.29, 0.717) is 4.57 Å². The first-order valence-corrected chi connectivity index (χ1v) is 7.52. The number of nitrogens with zero attached hydrogens (tertiary/aromatic N) is 2. The highest BCUT2D eigenvalue weighted by atomic mass is 32.2. The summed E-state index contributed by atoms with van der Waals surface area (Å²) in [6.07, 6.45) is 0. The minimum atomic E-state index is -4.46. The minimum Gasteiger partial charge on any atom is -0.379 e. The van der Waals surface area contributed by atoms with Gasteiger partial charge in [-0.25, -0.2) is 9.18 Å². The van der Waals surface area contributed by atoms with E-state index >= 15 is 0 Å². The van der Waals surface area contributed by atoms with Crippen molar-refractivity contribution in [2.24, 2.45) is 14.1 Å². The largest absolute Gasteiger partial charge is 0.379 e. The van der Waals surface area contributed by atoms with Gasteiger partial charge < -0.3 is 4.18 Å². The SMILES string of the molecule is Cc1c(S(=O)(=O)Oc2ccc(F)cc2)c(=O)n(C)c(=O)n1C. The summed E-state index contributed by atoms with van der Waals surface area (Å²) in [6, 6.07) is 4.29. The van der Waals surface area contributed by atoms with E-state index in [2.05, 4.69) is 0 Å². The molecule has 22 heavy (non-hydrogen) atoms. The normalized spacial score (nSPS) is 11.5. The van der Waals surface area contributed by atoms with Crippen LogP contribution in [0.25, 0.3) is 0 Å². The van der Waals surface area contributed by atoms with E-state index in [1.54, 1.807) is 0 Å². The van der Waals surface area contributed by atoms with Crippen molar-refractivity contribution in [3.63, 3.8) is 0 Å². The van der Waals surface area contributed by atoms with E-state index in [0.717, 1.165) is 28.8 Å². The summed E-state index contributed by atoms with van der Waals surface area (Å²) in [4.78, 5) is 23.2. The molecule has 0 spiro atoms. The molecule has 0 aliphatic rings. The Balaban J connectivity index is 2.62. The van der Waals surface area contributed by atoms with Crippen molar-refractivity contribution in [3.05, 3.63) is 56.6 Å². The molecule has 118 valence electrons. The summed E-state index contributed by atoms with van der Waals surface area (Å²) in [5.74, 6) is -0.698. The van der Waals surface area contributed by atoms with Crippen LogP contribution >= 0.6 is 0 Å². The molecule has 0 aliphatic carbocycles. The lowest BCUT2D eigenvalue weighted by Gasteiger charge is -2.12. The van der Waals surface area contributed by atoms with E-state index in [-0.39, 0.29) is 11.4 Å². The molecule has 0 unspecified atom stereocenters. The summed E-state index contributed by atoms with van der Waals surface area (Å²) in [5.41, 5.74) is -1.68. The maximum atomic E-state index is 12.8. The number of hydrogen-bond acceptors (Lipinski definition) is 5. The van der Waals surface area contributed by atoms with Gasteiger partial charge in [-0.15, -0.1) is 0 Å². The average molecular weight is 328 g/mol. The summed E-state index contributed by atoms with van der Waals surface area (Å²) < 4.78 is 44.0. The van der Waals surface area contributed by atoms with Crippen molar-refractivity contribution >= 4 is 10.1 Å². The van der Waals surface area contributed by atoms with Gasteiger partial charge in [0.2, 0.25) is 0 Å². The van der Waals surface area contributed by atoms with Gasteiger partial charge in [0, 0.05) is 19.8 Å². The standard InChI is InChI=1S/C13H13FN2O5S/c1-8-11(12(17)16(3)13(18)15(8)2)22(19,20)21-10-6-4-9(14)5-7-10/h4-7H,1-3H3. The van der Waals surface area contributed by atoms with Crippen LogP contribution in [0, 0.1) is 12.7 Å². The Bertz CT molecular complexity index is 942. The fourth-order valence-electron chi connectivity index (χ4n) is 1.86. The zero-order valence-electron chi connectivity index (χ0n) is 12.0. The smallest absolute Gasteiger partial charge is 0.346 e. The molecule has 9 heteroatoms. The molecule has 0 atom stereocenters. The molecule has 0 saturated carbocycles. The molecule has 0 amide bonds. The van der Waals surface area contributed by atoms with Crippen LogP contribution in [-0.2, 0) is 24.2 Å². The first-order chi connectivity index (χ1) is 10.1. The van der Waals surface area contributed by atoms with Crippen molar-refractivity contribution in [3.8, 4) is 5.75 Å². The molecule has 0 radical (unpaired) electrons. The molecule has 0 fully saturated rings.